The number of nitrogens with one attached hydrogen (secondary N) is 1. The fourth-order valence-corrected chi connectivity index (χ4v) is 3.06. The van der Waals surface area contributed by atoms with Gasteiger partial charge in [-0.2, -0.15) is 0 Å². The number of benzene rings is 1. The van der Waals surface area contributed by atoms with Gasteiger partial charge in [-0.25, -0.2) is 9.78 Å². The number of hydrogen-bond donors (Lipinski definition) is 3. The highest BCUT2D eigenvalue weighted by Crippen LogP contribution is 2.31. The molecule has 0 aliphatic carbocycles. The Bertz CT molecular complexity index is 1060. The molecular weight excluding hydrogens is 388 g/mol. The second-order valence-corrected chi connectivity index (χ2v) is 6.88. The van der Waals surface area contributed by atoms with E-state index in [9.17, 15) is 9.59 Å². The molecule has 3 rings (SSSR count). The summed E-state index contributed by atoms with van der Waals surface area (Å²) in [5.74, 6) is -0.0870. The van der Waals surface area contributed by atoms with Gasteiger partial charge in [0.15, 0.2) is 0 Å². The molecule has 3 aromatic rings. The fourth-order valence-electron chi connectivity index (χ4n) is 3.06. The second kappa shape index (κ2) is 9.84. The third-order valence-corrected chi connectivity index (χ3v) is 4.50. The van der Waals surface area contributed by atoms with Gasteiger partial charge >= 0.3 is 6.09 Å². The maximum Gasteiger partial charge on any atom is 0.404 e. The summed E-state index contributed by atoms with van der Waals surface area (Å²) in [6.45, 7) is 3.15. The maximum atomic E-state index is 11.5. The summed E-state index contributed by atoms with van der Waals surface area (Å²) in [5.41, 5.74) is 6.36. The molecule has 0 radical (unpaired) electrons. The molecule has 30 heavy (non-hydrogen) atoms. The molecule has 0 aliphatic rings. The standard InChI is InChI=1S/C21H24N4O5/c1-13(12-29-9-3-2-7-24-21(27)28)30-20-16-6-8-23-11-17(16)15-5-4-14(19(22)26)10-18(15)25-20/h4-6,8,10-11,13,24H,2-3,7,9,12H2,1H3,(H2,22,26)(H,27,28). The van der Waals surface area contributed by atoms with E-state index < -0.39 is 12.0 Å². The van der Waals surface area contributed by atoms with E-state index in [-0.39, 0.29) is 6.10 Å². The van der Waals surface area contributed by atoms with Crippen LogP contribution < -0.4 is 15.8 Å². The summed E-state index contributed by atoms with van der Waals surface area (Å²) in [6, 6.07) is 6.95. The number of carbonyl (C=O) groups is 2. The van der Waals surface area contributed by atoms with E-state index in [1.165, 1.54) is 0 Å². The van der Waals surface area contributed by atoms with Crippen molar-refractivity contribution in [3.8, 4) is 5.88 Å². The van der Waals surface area contributed by atoms with Crippen molar-refractivity contribution in [2.75, 3.05) is 19.8 Å². The molecule has 0 spiro atoms. The Labute approximate surface area is 173 Å². The van der Waals surface area contributed by atoms with Gasteiger partial charge in [0.1, 0.15) is 6.10 Å². The zero-order chi connectivity index (χ0) is 21.5. The van der Waals surface area contributed by atoms with Gasteiger partial charge in [0.2, 0.25) is 11.8 Å². The molecule has 0 aliphatic heterocycles. The van der Waals surface area contributed by atoms with Crippen LogP contribution in [0.25, 0.3) is 21.7 Å². The van der Waals surface area contributed by atoms with Crippen LogP contribution in [0.2, 0.25) is 0 Å². The average Bonchev–Trinajstić information content (AvgIpc) is 2.72. The predicted octanol–water partition coefficient (Wildman–Crippen LogP) is 2.71. The topological polar surface area (TPSA) is 137 Å². The fraction of sp³-hybridized carbons (Fsp3) is 0.333. The Kier molecular flexibility index (Phi) is 6.97. The lowest BCUT2D eigenvalue weighted by Crippen LogP contribution is -2.23. The van der Waals surface area contributed by atoms with E-state index in [1.54, 1.807) is 24.5 Å². The van der Waals surface area contributed by atoms with Gasteiger partial charge in [0.05, 0.1) is 12.1 Å². The number of carbonyl (C=O) groups excluding carboxylic acids is 1. The van der Waals surface area contributed by atoms with Crippen LogP contribution >= 0.6 is 0 Å². The van der Waals surface area contributed by atoms with E-state index in [0.29, 0.717) is 43.1 Å². The summed E-state index contributed by atoms with van der Waals surface area (Å²) >= 11 is 0. The Hall–Kier alpha value is -3.46. The molecule has 0 fully saturated rings. The first-order valence-electron chi connectivity index (χ1n) is 9.64. The normalized spacial score (nSPS) is 12.0. The second-order valence-electron chi connectivity index (χ2n) is 6.88. The lowest BCUT2D eigenvalue weighted by atomic mass is 10.1. The molecule has 0 saturated carbocycles. The number of rotatable bonds is 10. The molecule has 0 saturated heterocycles. The Balaban J connectivity index is 1.68. The highest BCUT2D eigenvalue weighted by atomic mass is 16.5. The predicted molar refractivity (Wildman–Crippen MR) is 112 cm³/mol. The van der Waals surface area contributed by atoms with Crippen LogP contribution in [0.4, 0.5) is 4.79 Å². The maximum absolute atomic E-state index is 11.5. The zero-order valence-corrected chi connectivity index (χ0v) is 16.6. The minimum Gasteiger partial charge on any atom is -0.472 e. The number of ether oxygens (including phenoxy) is 2. The van der Waals surface area contributed by atoms with Gasteiger partial charge in [0, 0.05) is 47.3 Å². The Morgan fingerprint density at radius 2 is 2.03 bits per heavy atom. The van der Waals surface area contributed by atoms with E-state index in [2.05, 4.69) is 15.3 Å². The number of unbranched alkanes of at least 4 members (excludes halogenated alkanes) is 1. The van der Waals surface area contributed by atoms with Crippen LogP contribution in [0.15, 0.2) is 36.7 Å². The van der Waals surface area contributed by atoms with Crippen molar-refractivity contribution >= 4 is 33.7 Å². The minimum atomic E-state index is -1.02. The van der Waals surface area contributed by atoms with Crippen LogP contribution in [0.3, 0.4) is 0 Å². The molecule has 1 unspecified atom stereocenters. The summed E-state index contributed by atoms with van der Waals surface area (Å²) in [7, 11) is 0. The number of primary amides is 1. The Morgan fingerprint density at radius 3 is 2.80 bits per heavy atom. The molecule has 9 nitrogen and oxygen atoms in total. The average molecular weight is 412 g/mol. The zero-order valence-electron chi connectivity index (χ0n) is 16.6. The highest BCUT2D eigenvalue weighted by molar-refractivity contribution is 6.09. The number of nitrogens with two attached hydrogens (primary N) is 1. The molecule has 1 aromatic carbocycles. The molecule has 0 bridgehead atoms. The largest absolute Gasteiger partial charge is 0.472 e. The van der Waals surface area contributed by atoms with E-state index in [4.69, 9.17) is 20.3 Å². The van der Waals surface area contributed by atoms with Crippen LogP contribution in [0.5, 0.6) is 5.88 Å². The van der Waals surface area contributed by atoms with Crippen molar-refractivity contribution in [2.24, 2.45) is 5.73 Å². The van der Waals surface area contributed by atoms with Crippen molar-refractivity contribution in [1.82, 2.24) is 15.3 Å². The van der Waals surface area contributed by atoms with Gasteiger partial charge in [-0.15, -0.1) is 0 Å². The lowest BCUT2D eigenvalue weighted by molar-refractivity contribution is 0.0556. The number of carboxylic acid groups (broad SMARTS) is 1. The molecule has 9 heteroatoms. The third kappa shape index (κ3) is 5.32. The minimum absolute atomic E-state index is 0.261. The SMILES string of the molecule is CC(COCCCCNC(=O)O)Oc1nc2cc(C(N)=O)ccc2c2cnccc12. The van der Waals surface area contributed by atoms with Gasteiger partial charge in [-0.05, 0) is 38.0 Å². The quantitative estimate of drug-likeness (QED) is 0.344. The van der Waals surface area contributed by atoms with E-state index >= 15 is 0 Å². The molecule has 158 valence electrons. The van der Waals surface area contributed by atoms with Crippen molar-refractivity contribution < 1.29 is 24.2 Å². The van der Waals surface area contributed by atoms with Crippen LogP contribution in [0, 0.1) is 0 Å². The molecule has 2 aromatic heterocycles. The molecule has 1 atom stereocenters. The van der Waals surface area contributed by atoms with Crippen molar-refractivity contribution in [3.05, 3.63) is 42.2 Å². The molecule has 2 heterocycles. The molecular formula is C21H24N4O5. The Morgan fingerprint density at radius 1 is 1.20 bits per heavy atom. The van der Waals surface area contributed by atoms with E-state index in [0.717, 1.165) is 22.6 Å². The van der Waals surface area contributed by atoms with E-state index in [1.807, 2.05) is 19.1 Å². The molecule has 4 N–H and O–H groups in total. The summed E-state index contributed by atoms with van der Waals surface area (Å²) < 4.78 is 11.6. The van der Waals surface area contributed by atoms with Gasteiger partial charge in [-0.3, -0.25) is 9.78 Å². The van der Waals surface area contributed by atoms with Gasteiger partial charge in [-0.1, -0.05) is 6.07 Å². The van der Waals surface area contributed by atoms with Crippen molar-refractivity contribution in [2.45, 2.75) is 25.9 Å². The first kappa shape index (κ1) is 21.3. The number of aromatic nitrogens is 2. The summed E-state index contributed by atoms with van der Waals surface area (Å²) in [5, 5.41) is 13.4. The number of hydrogen-bond acceptors (Lipinski definition) is 6. The number of amides is 2. The summed E-state index contributed by atoms with van der Waals surface area (Å²) in [6.07, 6.45) is 3.57. The summed E-state index contributed by atoms with van der Waals surface area (Å²) in [4.78, 5) is 30.7. The van der Waals surface area contributed by atoms with Gasteiger partial charge in [0.25, 0.3) is 0 Å². The van der Waals surface area contributed by atoms with Gasteiger partial charge < -0.3 is 25.6 Å². The monoisotopic (exact) mass is 412 g/mol. The van der Waals surface area contributed by atoms with Crippen molar-refractivity contribution in [1.29, 1.82) is 0 Å². The first-order valence-corrected chi connectivity index (χ1v) is 9.64. The number of pyridine rings is 2. The highest BCUT2D eigenvalue weighted by Gasteiger charge is 2.14. The number of nitrogens with zero attached hydrogens (tertiary/aromatic N) is 2. The molecule has 2 amide bonds. The van der Waals surface area contributed by atoms with Crippen LogP contribution in [-0.4, -0.2) is 52.9 Å². The number of fused-ring (bicyclic) bond motifs is 3. The third-order valence-electron chi connectivity index (χ3n) is 4.50. The lowest BCUT2D eigenvalue weighted by Gasteiger charge is -2.17. The smallest absolute Gasteiger partial charge is 0.404 e. The van der Waals surface area contributed by atoms with Crippen molar-refractivity contribution in [3.63, 3.8) is 0 Å². The first-order chi connectivity index (χ1) is 14.5. The van der Waals surface area contributed by atoms with Crippen LogP contribution in [-0.2, 0) is 4.74 Å². The van der Waals surface area contributed by atoms with Crippen LogP contribution in [0.1, 0.15) is 30.1 Å².